The summed E-state index contributed by atoms with van der Waals surface area (Å²) in [6.45, 7) is 68.2. The van der Waals surface area contributed by atoms with Gasteiger partial charge in [-0.15, -0.1) is 0 Å². The van der Waals surface area contributed by atoms with E-state index in [9.17, 15) is 13.2 Å². The Hall–Kier alpha value is -13.9. The zero-order valence-corrected chi connectivity index (χ0v) is 89.8. The number of carbonyl (C=O) groups is 1. The van der Waals surface area contributed by atoms with Gasteiger partial charge in [-0.1, -0.05) is 93.0 Å². The number of para-hydroxylation sites is 1. The van der Waals surface area contributed by atoms with Gasteiger partial charge in [0.15, 0.2) is 0 Å². The maximum absolute atomic E-state index is 12.2. The Morgan fingerprint density at radius 1 is 0.286 bits per heavy atom. The van der Waals surface area contributed by atoms with Gasteiger partial charge in [0.05, 0.1) is 4.90 Å². The molecular weight excluding hydrogens is 1790 g/mol. The summed E-state index contributed by atoms with van der Waals surface area (Å²) >= 11 is 6.22. The summed E-state index contributed by atoms with van der Waals surface area (Å²) in [5.41, 5.74) is 20.7. The molecule has 6 heterocycles. The van der Waals surface area contributed by atoms with Crippen LogP contribution < -0.4 is 79.2 Å². The lowest BCUT2D eigenvalue weighted by Crippen LogP contribution is -2.27. The zero-order valence-electron chi connectivity index (χ0n) is 88.3. The van der Waals surface area contributed by atoms with E-state index in [1.54, 1.807) is 30.6 Å². The topological polar surface area (TPSA) is 386 Å². The van der Waals surface area contributed by atoms with Crippen molar-refractivity contribution in [2.45, 2.75) is 272 Å². The van der Waals surface area contributed by atoms with Gasteiger partial charge in [0.25, 0.3) is 0 Å². The van der Waals surface area contributed by atoms with E-state index < -0.39 is 10.0 Å². The molecule has 30 nitrogen and oxygen atoms in total. The summed E-state index contributed by atoms with van der Waals surface area (Å²) in [5, 5.41) is 46.1. The van der Waals surface area contributed by atoms with Crippen molar-refractivity contribution in [3.05, 3.63) is 266 Å². The van der Waals surface area contributed by atoms with E-state index in [2.05, 4.69) is 352 Å². The van der Waals surface area contributed by atoms with E-state index in [-0.39, 0.29) is 49.6 Å². The zero-order chi connectivity index (χ0) is 104. The molecule has 0 atom stereocenters. The highest BCUT2D eigenvalue weighted by molar-refractivity contribution is 7.89. The fourth-order valence-electron chi connectivity index (χ4n) is 13.0. The number of aromatic nitrogens is 12. The Labute approximate surface area is 836 Å². The number of benzene rings is 7. The third kappa shape index (κ3) is 38.5. The molecule has 2 amide bonds. The fraction of sp³-hybridized carbons (Fsp3) is 0.380. The van der Waals surface area contributed by atoms with Crippen molar-refractivity contribution in [1.29, 1.82) is 0 Å². The van der Waals surface area contributed by atoms with Gasteiger partial charge in [-0.2, -0.15) is 29.9 Å². The van der Waals surface area contributed by atoms with E-state index in [1.807, 2.05) is 168 Å². The van der Waals surface area contributed by atoms with Gasteiger partial charge >= 0.3 is 6.03 Å². The van der Waals surface area contributed by atoms with Crippen molar-refractivity contribution in [1.82, 2.24) is 64.5 Å². The lowest BCUT2D eigenvalue weighted by atomic mass is 9.87. The van der Waals surface area contributed by atoms with Crippen molar-refractivity contribution in [3.63, 3.8) is 0 Å². The number of halogens is 1. The molecule has 13 aromatic rings. The minimum Gasteiger partial charge on any atom is -0.350 e. The maximum Gasteiger partial charge on any atom is 0.323 e. The summed E-state index contributed by atoms with van der Waals surface area (Å²) in [4.78, 5) is 65.8. The number of nitrogens with one attached hydrogen (secondary N) is 15. The molecule has 0 spiro atoms. The smallest absolute Gasteiger partial charge is 0.323 e. The van der Waals surface area contributed by atoms with Crippen molar-refractivity contribution < 1.29 is 13.2 Å². The molecule has 0 saturated heterocycles. The minimum absolute atomic E-state index is 0.0630. The first kappa shape index (κ1) is 111. The first-order valence-electron chi connectivity index (χ1n) is 46.7. The van der Waals surface area contributed by atoms with Crippen LogP contribution in [0.25, 0.3) is 0 Å². The Morgan fingerprint density at radius 3 is 0.929 bits per heavy atom. The molecule has 13 rings (SSSR count). The van der Waals surface area contributed by atoms with Crippen molar-refractivity contribution >= 4 is 144 Å². The molecule has 7 aromatic carbocycles. The summed E-state index contributed by atoms with van der Waals surface area (Å²) in [6, 6.07) is 48.2. The molecule has 0 unspecified atom stereocenters. The van der Waals surface area contributed by atoms with Crippen molar-refractivity contribution in [3.8, 4) is 0 Å². The van der Waals surface area contributed by atoms with Gasteiger partial charge in [-0.25, -0.2) is 47.8 Å². The second kappa shape index (κ2) is 48.1. The molecule has 0 aliphatic carbocycles. The second-order valence-corrected chi connectivity index (χ2v) is 44.3. The maximum atomic E-state index is 12.2. The van der Waals surface area contributed by atoms with Gasteiger partial charge < -0.3 is 74.4 Å². The number of urea groups is 1. The average Bonchev–Trinajstić information content (AvgIpc) is 0.837. The molecule has 0 aliphatic rings. The van der Waals surface area contributed by atoms with Crippen LogP contribution >= 0.6 is 11.6 Å². The van der Waals surface area contributed by atoms with Crippen LogP contribution in [0.3, 0.4) is 0 Å². The SMILES string of the molecule is CNS(=O)(=O)c1cccc(Nc2nc(NC(C)(C)C)ncc2C)c1.Cc1cc(C)cc(Nc2nc(NC(C)(C)C)ncc2C)c1.Cc1cnc(NC(C)(C)C)nc1Nc1cc(C)c(Cl)c(C)c1.Cc1cnc(NC(C)(C)C)nc1Nc1cccc(C(C)(C)C)c1.Cc1cnc(NC(C)(C)C)nc1Nc1cccc(C)c1C.Cc1cnc(NC(C)(C)C)nc1Nc1cccc(NC(=O)Nc2ccccc2)c1. The van der Waals surface area contributed by atoms with Crippen LogP contribution in [-0.4, -0.2) is 115 Å². The fourth-order valence-corrected chi connectivity index (χ4v) is 13.8. The van der Waals surface area contributed by atoms with Gasteiger partial charge in [0.2, 0.25) is 45.7 Å². The van der Waals surface area contributed by atoms with E-state index in [0.29, 0.717) is 58.7 Å². The minimum atomic E-state index is -3.49. The summed E-state index contributed by atoms with van der Waals surface area (Å²) < 4.78 is 26.1. The molecule has 15 N–H and O–H groups in total. The average molecular weight is 1940 g/mol. The van der Waals surface area contributed by atoms with Crippen molar-refractivity contribution in [2.75, 3.05) is 81.5 Å². The summed E-state index contributed by atoms with van der Waals surface area (Å²) in [7, 11) is -2.11. The number of hydrogen-bond donors (Lipinski definition) is 15. The second-order valence-electron chi connectivity index (χ2n) is 42.0. The van der Waals surface area contributed by atoms with E-state index in [0.717, 1.165) is 107 Å². The molecule has 0 saturated carbocycles. The van der Waals surface area contributed by atoms with Crippen LogP contribution in [-0.2, 0) is 15.4 Å². The molecule has 0 bridgehead atoms. The van der Waals surface area contributed by atoms with Crippen LogP contribution in [0.2, 0.25) is 5.02 Å². The number of rotatable bonds is 22. The predicted octanol–water partition coefficient (Wildman–Crippen LogP) is 26.8. The lowest BCUT2D eigenvalue weighted by Gasteiger charge is -2.22. The molecule has 0 aliphatic heterocycles. The third-order valence-corrected chi connectivity index (χ3v) is 21.9. The van der Waals surface area contributed by atoms with Crippen LogP contribution in [0.5, 0.6) is 0 Å². The number of sulfonamides is 1. The molecule has 6 aromatic heterocycles. The van der Waals surface area contributed by atoms with Gasteiger partial charge in [0, 0.05) is 154 Å². The highest BCUT2D eigenvalue weighted by atomic mass is 35.5. The molecule has 0 fully saturated rings. The molecule has 0 radical (unpaired) electrons. The highest BCUT2D eigenvalue weighted by Crippen LogP contribution is 2.34. The number of hydrogen-bond acceptors (Lipinski definition) is 27. The summed E-state index contributed by atoms with van der Waals surface area (Å²) in [6.07, 6.45) is 10.8. The first-order chi connectivity index (χ1) is 65.1. The lowest BCUT2D eigenvalue weighted by molar-refractivity contribution is 0.262. The van der Waals surface area contributed by atoms with Gasteiger partial charge in [-0.05, 0) is 350 Å². The molecule has 32 heteroatoms. The summed E-state index contributed by atoms with van der Waals surface area (Å²) in [5.74, 6) is 8.22. The monoisotopic (exact) mass is 1940 g/mol. The van der Waals surface area contributed by atoms with Gasteiger partial charge in [0.1, 0.15) is 34.9 Å². The Kier molecular flexibility index (Phi) is 38.3. The number of nitrogens with zero attached hydrogens (tertiary/aromatic N) is 12. The van der Waals surface area contributed by atoms with Crippen LogP contribution in [0.15, 0.2) is 194 Å². The Balaban J connectivity index is 0.000000207. The third-order valence-electron chi connectivity index (χ3n) is 19.9. The van der Waals surface area contributed by atoms with E-state index in [4.69, 9.17) is 11.6 Å². The number of aryl methyl sites for hydroxylation is 11. The van der Waals surface area contributed by atoms with Gasteiger partial charge in [-0.3, -0.25) is 0 Å². The highest BCUT2D eigenvalue weighted by Gasteiger charge is 2.23. The quantitative estimate of drug-likeness (QED) is 0.0300. The number of anilines is 20. The molecular formula is C108H148ClN27O3S. The predicted molar refractivity (Wildman–Crippen MR) is 587 cm³/mol. The van der Waals surface area contributed by atoms with Crippen LogP contribution in [0, 0.1) is 83.1 Å². The molecule has 140 heavy (non-hydrogen) atoms. The molecule has 746 valence electrons. The Bertz CT molecular complexity index is 6420. The standard InChI is InChI=1S/C22H26N6O.C19H28N4.C17H23ClN4.2C17H24N4.C16H23N5O2S/c1-15-14-23-20(28-22(2,3)4)27-19(15)24-17-11-8-12-18(13-17)26-21(29)25-16-9-6-5-7-10-16;1-13-12-20-17(23-19(5,6)7)22-16(13)21-15-10-8-9-14(11-15)18(2,3)4;1-10-7-13(8-11(2)14(10)18)20-15-12(3)9-19-16(21-15)22-17(4,5)6;1-11-7-12(2)9-14(8-11)19-15-13(3)10-18-16(20-15)21-17(4,5)6;1-11-8-7-9-14(13(11)3)19-15-12(2)10-18-16(20-15)21-17(4,5)6;1-11-10-18-15(21-16(2,3)4)20-14(11)19-12-7-6-8-13(9-12)24(22,23)17-5/h5-14H,1-4H3,(H2,25,26,29)(H2,23,24,27,28);8-12H,1-7H3,(H2,20,21,22,23);7-9H,1-6H3,(H2,19,20,21,22);2*7-10H,1-6H3,(H2,18,19,20,21);6-10,17H,1-5H3,(H2,18,19,20,21). The number of amides is 2. The van der Waals surface area contributed by atoms with Crippen molar-refractivity contribution in [2.24, 2.45) is 0 Å². The first-order valence-corrected chi connectivity index (χ1v) is 48.6. The van der Waals surface area contributed by atoms with Crippen LogP contribution in [0.4, 0.5) is 121 Å². The normalized spacial score (nSPS) is 11.5. The Morgan fingerprint density at radius 2 is 0.579 bits per heavy atom. The largest absolute Gasteiger partial charge is 0.350 e. The van der Waals surface area contributed by atoms with E-state index in [1.165, 1.54) is 40.9 Å². The van der Waals surface area contributed by atoms with Crippen LogP contribution in [0.1, 0.15) is 218 Å². The number of carbonyl (C=O) groups excluding carboxylic acids is 1. The van der Waals surface area contributed by atoms with E-state index >= 15 is 0 Å².